The van der Waals surface area contributed by atoms with Crippen molar-refractivity contribution in [3.05, 3.63) is 94.5 Å². The molecule has 2 N–H and O–H groups in total. The summed E-state index contributed by atoms with van der Waals surface area (Å²) in [7, 11) is 0. The molecular weight excluding hydrogens is 444 g/mol. The summed E-state index contributed by atoms with van der Waals surface area (Å²) in [6.07, 6.45) is 3.01. The maximum absolute atomic E-state index is 13.2. The number of carboxylic acid groups (broad SMARTS) is 1. The number of benzene rings is 3. The Bertz CT molecular complexity index is 1500. The Hall–Kier alpha value is -4.17. The molecule has 1 amide bonds. The molecule has 5 aromatic rings. The predicted octanol–water partition coefficient (Wildman–Crippen LogP) is 4.51. The van der Waals surface area contributed by atoms with Crippen molar-refractivity contribution in [2.75, 3.05) is 0 Å². The van der Waals surface area contributed by atoms with Crippen LogP contribution in [0.5, 0.6) is 0 Å². The van der Waals surface area contributed by atoms with Gasteiger partial charge in [0.15, 0.2) is 12.0 Å². The number of oxazole rings is 1. The maximum atomic E-state index is 13.2. The van der Waals surface area contributed by atoms with Crippen molar-refractivity contribution in [2.24, 2.45) is 0 Å². The number of nitrogens with zero attached hydrogens (tertiary/aromatic N) is 3. The molecular formula is C24H17ClN4O4. The van der Waals surface area contributed by atoms with Crippen LogP contribution in [0.1, 0.15) is 31.8 Å². The normalized spacial score (nSPS) is 11.2. The lowest BCUT2D eigenvalue weighted by Crippen LogP contribution is -2.23. The second kappa shape index (κ2) is 8.40. The molecule has 2 heterocycles. The van der Waals surface area contributed by atoms with Gasteiger partial charge in [0.05, 0.1) is 34.8 Å². The smallest absolute Gasteiger partial charge is 0.335 e. The van der Waals surface area contributed by atoms with Crippen LogP contribution in [0.4, 0.5) is 0 Å². The molecule has 0 saturated heterocycles. The monoisotopic (exact) mass is 460 g/mol. The molecule has 0 spiro atoms. The minimum Gasteiger partial charge on any atom is -0.478 e. The van der Waals surface area contributed by atoms with Crippen molar-refractivity contribution in [3.8, 4) is 0 Å². The molecule has 0 atom stereocenters. The molecule has 2 aromatic heterocycles. The minimum atomic E-state index is -0.999. The minimum absolute atomic E-state index is 0.187. The van der Waals surface area contributed by atoms with E-state index in [9.17, 15) is 9.59 Å². The van der Waals surface area contributed by atoms with Crippen LogP contribution in [0, 0.1) is 0 Å². The summed E-state index contributed by atoms with van der Waals surface area (Å²) >= 11 is 6.13. The lowest BCUT2D eigenvalue weighted by atomic mass is 10.1. The van der Waals surface area contributed by atoms with E-state index in [1.807, 2.05) is 18.2 Å². The van der Waals surface area contributed by atoms with Crippen LogP contribution in [-0.4, -0.2) is 31.7 Å². The van der Waals surface area contributed by atoms with Gasteiger partial charge in [-0.2, -0.15) is 5.10 Å². The molecule has 3 aromatic carbocycles. The van der Waals surface area contributed by atoms with Gasteiger partial charge in [0.2, 0.25) is 0 Å². The largest absolute Gasteiger partial charge is 0.478 e. The number of carbonyl (C=O) groups is 2. The molecule has 0 bridgehead atoms. The van der Waals surface area contributed by atoms with Gasteiger partial charge in [-0.25, -0.2) is 9.78 Å². The van der Waals surface area contributed by atoms with E-state index < -0.39 is 5.97 Å². The summed E-state index contributed by atoms with van der Waals surface area (Å²) in [6, 6.07) is 15.5. The van der Waals surface area contributed by atoms with Gasteiger partial charge in [0, 0.05) is 11.6 Å². The Morgan fingerprint density at radius 1 is 1.09 bits per heavy atom. The van der Waals surface area contributed by atoms with Gasteiger partial charge in [-0.05, 0) is 41.5 Å². The highest BCUT2D eigenvalue weighted by molar-refractivity contribution is 6.30. The number of nitrogens with one attached hydrogen (secondary N) is 1. The van der Waals surface area contributed by atoms with Crippen molar-refractivity contribution in [1.82, 2.24) is 20.1 Å². The van der Waals surface area contributed by atoms with Gasteiger partial charge in [-0.1, -0.05) is 35.9 Å². The molecule has 5 rings (SSSR count). The first-order valence-corrected chi connectivity index (χ1v) is 10.4. The summed E-state index contributed by atoms with van der Waals surface area (Å²) in [5.41, 5.74) is 4.05. The van der Waals surface area contributed by atoms with Gasteiger partial charge >= 0.3 is 5.97 Å². The molecule has 0 saturated carbocycles. The van der Waals surface area contributed by atoms with Crippen LogP contribution in [0.25, 0.3) is 22.0 Å². The number of amides is 1. The fourth-order valence-electron chi connectivity index (χ4n) is 3.75. The van der Waals surface area contributed by atoms with Crippen molar-refractivity contribution >= 4 is 45.5 Å². The SMILES string of the molecule is O=C(O)c1ccc(CNC(=O)c2cc3ocnc3c3cnn(Cc4cccc(Cl)c4)c23)cc1. The van der Waals surface area contributed by atoms with E-state index in [0.717, 1.165) is 11.1 Å². The molecule has 0 aliphatic heterocycles. The van der Waals surface area contributed by atoms with Crippen LogP contribution in [0.3, 0.4) is 0 Å². The zero-order chi connectivity index (χ0) is 22.9. The molecule has 0 aliphatic carbocycles. The van der Waals surface area contributed by atoms with E-state index >= 15 is 0 Å². The zero-order valence-corrected chi connectivity index (χ0v) is 17.9. The number of rotatable bonds is 6. The average molecular weight is 461 g/mol. The van der Waals surface area contributed by atoms with Crippen molar-refractivity contribution in [2.45, 2.75) is 13.1 Å². The quantitative estimate of drug-likeness (QED) is 0.386. The molecule has 0 fully saturated rings. The summed E-state index contributed by atoms with van der Waals surface area (Å²) in [5, 5.41) is 17.8. The first kappa shape index (κ1) is 20.7. The van der Waals surface area contributed by atoms with Crippen LogP contribution >= 0.6 is 11.6 Å². The predicted molar refractivity (Wildman–Crippen MR) is 122 cm³/mol. The van der Waals surface area contributed by atoms with Gasteiger partial charge < -0.3 is 14.8 Å². The van der Waals surface area contributed by atoms with Crippen molar-refractivity contribution < 1.29 is 19.1 Å². The average Bonchev–Trinajstić information content (AvgIpc) is 3.44. The number of aromatic carboxylic acids is 1. The van der Waals surface area contributed by atoms with Gasteiger partial charge in [0.25, 0.3) is 5.91 Å². The highest BCUT2D eigenvalue weighted by atomic mass is 35.5. The lowest BCUT2D eigenvalue weighted by molar-refractivity contribution is 0.0696. The number of hydrogen-bond acceptors (Lipinski definition) is 5. The number of aromatic nitrogens is 3. The molecule has 0 unspecified atom stereocenters. The van der Waals surface area contributed by atoms with Crippen molar-refractivity contribution in [3.63, 3.8) is 0 Å². The molecule has 33 heavy (non-hydrogen) atoms. The Labute approximate surface area is 192 Å². The second-order valence-electron chi connectivity index (χ2n) is 7.50. The zero-order valence-electron chi connectivity index (χ0n) is 17.2. The van der Waals surface area contributed by atoms with Crippen LogP contribution < -0.4 is 5.32 Å². The standard InChI is InChI=1S/C24H17ClN4O4/c25-17-3-1-2-15(8-17)12-29-22-18(9-20-21(27-13-33-20)19(22)11-28-29)23(30)26-10-14-4-6-16(7-5-14)24(31)32/h1-9,11,13H,10,12H2,(H,26,30)(H,31,32). The van der Waals surface area contributed by atoms with Gasteiger partial charge in [-0.3, -0.25) is 9.48 Å². The fourth-order valence-corrected chi connectivity index (χ4v) is 3.96. The van der Waals surface area contributed by atoms with Gasteiger partial charge in [0.1, 0.15) is 5.52 Å². The number of fused-ring (bicyclic) bond motifs is 3. The van der Waals surface area contributed by atoms with Crippen LogP contribution in [0.2, 0.25) is 5.02 Å². The van der Waals surface area contributed by atoms with E-state index in [1.165, 1.54) is 18.5 Å². The van der Waals surface area contributed by atoms with E-state index in [2.05, 4.69) is 15.4 Å². The van der Waals surface area contributed by atoms with Crippen LogP contribution in [0.15, 0.2) is 71.6 Å². The number of carbonyl (C=O) groups excluding carboxylic acids is 1. The topological polar surface area (TPSA) is 110 Å². The first-order chi connectivity index (χ1) is 16.0. The van der Waals surface area contributed by atoms with Gasteiger partial charge in [-0.15, -0.1) is 0 Å². The third-order valence-corrected chi connectivity index (χ3v) is 5.58. The second-order valence-corrected chi connectivity index (χ2v) is 7.94. The van der Waals surface area contributed by atoms with E-state index in [1.54, 1.807) is 35.1 Å². The van der Waals surface area contributed by atoms with Crippen LogP contribution in [-0.2, 0) is 13.1 Å². The number of halogens is 1. The Morgan fingerprint density at radius 3 is 2.67 bits per heavy atom. The number of hydrogen-bond donors (Lipinski definition) is 2. The molecule has 9 heteroatoms. The maximum Gasteiger partial charge on any atom is 0.335 e. The molecule has 0 radical (unpaired) electrons. The van der Waals surface area contributed by atoms with E-state index in [0.29, 0.717) is 39.1 Å². The first-order valence-electron chi connectivity index (χ1n) is 10.1. The van der Waals surface area contributed by atoms with Crippen molar-refractivity contribution in [1.29, 1.82) is 0 Å². The van der Waals surface area contributed by atoms with E-state index in [4.69, 9.17) is 21.1 Å². The van der Waals surface area contributed by atoms with E-state index in [-0.39, 0.29) is 18.0 Å². The summed E-state index contributed by atoms with van der Waals surface area (Å²) < 4.78 is 7.20. The molecule has 0 aliphatic rings. The summed E-state index contributed by atoms with van der Waals surface area (Å²) in [6.45, 7) is 0.654. The highest BCUT2D eigenvalue weighted by Crippen LogP contribution is 2.29. The number of carboxylic acids is 1. The lowest BCUT2D eigenvalue weighted by Gasteiger charge is -2.10. The molecule has 8 nitrogen and oxygen atoms in total. The fraction of sp³-hybridized carbons (Fsp3) is 0.0833. The Morgan fingerprint density at radius 2 is 1.91 bits per heavy atom. The third-order valence-electron chi connectivity index (χ3n) is 5.34. The molecule has 164 valence electrons. The Balaban J connectivity index is 1.49. The summed E-state index contributed by atoms with van der Waals surface area (Å²) in [4.78, 5) is 28.5. The highest BCUT2D eigenvalue weighted by Gasteiger charge is 2.20. The Kier molecular flexibility index (Phi) is 5.27. The third kappa shape index (κ3) is 4.04. The summed E-state index contributed by atoms with van der Waals surface area (Å²) in [5.74, 6) is -1.31.